The minimum atomic E-state index is -2.38. The monoisotopic (exact) mass is 538 g/mol. The van der Waals surface area contributed by atoms with E-state index in [4.69, 9.17) is 30.6 Å². The summed E-state index contributed by atoms with van der Waals surface area (Å²) in [5, 5.41) is 68.3. The lowest BCUT2D eigenvalue weighted by Crippen LogP contribution is -2.46. The van der Waals surface area contributed by atoms with Crippen molar-refractivity contribution >= 4 is 23.9 Å². The molecule has 0 aromatic heterocycles. The first-order valence-corrected chi connectivity index (χ1v) is 12.3. The number of aliphatic hydroxyl groups is 4. The third-order valence-corrected chi connectivity index (χ3v) is 6.77. The van der Waals surface area contributed by atoms with Gasteiger partial charge in [-0.15, -0.1) is 0 Å². The van der Waals surface area contributed by atoms with Gasteiger partial charge in [0.2, 0.25) is 0 Å². The molecule has 0 saturated carbocycles. The van der Waals surface area contributed by atoms with Crippen molar-refractivity contribution in [2.24, 2.45) is 0 Å². The number of carboxylic acids is 4. The highest BCUT2D eigenvalue weighted by molar-refractivity contribution is 5.82. The van der Waals surface area contributed by atoms with E-state index in [9.17, 15) is 29.4 Å². The molecular formula is C23H42N2O12. The van der Waals surface area contributed by atoms with E-state index >= 15 is 0 Å². The second-order valence-corrected chi connectivity index (χ2v) is 10.1. The highest BCUT2D eigenvalue weighted by atomic mass is 16.4. The standard InChI is InChI=1S/C15H32N2.2C4H6O6/c1-16(12-6-7-13-16)10-4-3-5-11-17(2)14-8-9-15-17;2*5-1(3(7)8)2(6)4(9)10/h3-15H2,1-2H3;2*1-2,5-6H,(H,7,8)(H,9,10)/q+2;;/p-2/t;2*1-,2+. The molecule has 0 radical (unpaired) electrons. The Kier molecular flexibility index (Phi) is 15.4. The van der Waals surface area contributed by atoms with E-state index < -0.39 is 48.3 Å². The molecule has 4 atom stereocenters. The van der Waals surface area contributed by atoms with Crippen molar-refractivity contribution in [3.8, 4) is 0 Å². The molecule has 0 aliphatic carbocycles. The van der Waals surface area contributed by atoms with Gasteiger partial charge in [0.15, 0.2) is 12.2 Å². The Morgan fingerprint density at radius 1 is 0.595 bits per heavy atom. The normalized spacial score (nSPS) is 20.7. The second-order valence-electron chi connectivity index (χ2n) is 10.1. The third-order valence-electron chi connectivity index (χ3n) is 6.77. The number of aliphatic carboxylic acids is 4. The predicted molar refractivity (Wildman–Crippen MR) is 123 cm³/mol. The molecule has 0 spiro atoms. The molecule has 14 nitrogen and oxygen atoms in total. The number of unbranched alkanes of at least 4 members (excludes halogenated alkanes) is 2. The van der Waals surface area contributed by atoms with Crippen LogP contribution in [-0.4, -0.2) is 141 Å². The minimum absolute atomic E-state index is 1.37. The molecule has 2 saturated heterocycles. The van der Waals surface area contributed by atoms with Crippen molar-refractivity contribution in [1.82, 2.24) is 0 Å². The number of aliphatic hydroxyl groups excluding tert-OH is 4. The van der Waals surface area contributed by atoms with Crippen LogP contribution in [0.4, 0.5) is 0 Å². The van der Waals surface area contributed by atoms with Crippen molar-refractivity contribution in [2.75, 3.05) is 53.4 Å². The van der Waals surface area contributed by atoms with Crippen LogP contribution >= 0.6 is 0 Å². The Morgan fingerprint density at radius 3 is 1.05 bits per heavy atom. The maximum Gasteiger partial charge on any atom is 0.335 e. The fourth-order valence-electron chi connectivity index (χ4n) is 4.34. The summed E-state index contributed by atoms with van der Waals surface area (Å²) in [7, 11) is 4.92. The maximum atomic E-state index is 9.74. The van der Waals surface area contributed by atoms with Crippen molar-refractivity contribution in [3.05, 3.63) is 0 Å². The second kappa shape index (κ2) is 16.5. The van der Waals surface area contributed by atoms with Crippen LogP contribution < -0.4 is 10.2 Å². The Bertz CT molecular complexity index is 639. The summed E-state index contributed by atoms with van der Waals surface area (Å²) in [6, 6.07) is 0. The van der Waals surface area contributed by atoms with E-state index in [0.29, 0.717) is 0 Å². The van der Waals surface area contributed by atoms with Crippen LogP contribution in [-0.2, 0) is 19.2 Å². The number of quaternary nitrogens is 2. The molecule has 2 aliphatic rings. The predicted octanol–water partition coefficient (Wildman–Crippen LogP) is -4.28. The van der Waals surface area contributed by atoms with Crippen LogP contribution in [0.15, 0.2) is 0 Å². The SMILES string of the molecule is C[N+]1(CCCCC[N+]2(C)CCCC2)CCCC1.O=C([O-])[C@@H](O)[C@@H](O)C(=O)O.O=C([O-])[C@@H](O)[C@@H](O)C(=O)O. The van der Waals surface area contributed by atoms with E-state index in [1.807, 2.05) is 0 Å². The first kappa shape index (κ1) is 34.6. The van der Waals surface area contributed by atoms with Gasteiger partial charge >= 0.3 is 11.9 Å². The summed E-state index contributed by atoms with van der Waals surface area (Å²) in [6.45, 7) is 8.62. The topological polar surface area (TPSA) is 236 Å². The van der Waals surface area contributed by atoms with Crippen molar-refractivity contribution in [1.29, 1.82) is 0 Å². The number of hydrogen-bond acceptors (Lipinski definition) is 10. The van der Waals surface area contributed by atoms with Crippen LogP contribution in [0.25, 0.3) is 0 Å². The van der Waals surface area contributed by atoms with Gasteiger partial charge in [0.05, 0.1) is 65.3 Å². The van der Waals surface area contributed by atoms with Gasteiger partial charge in [-0.2, -0.15) is 0 Å². The number of carbonyl (C=O) groups is 4. The molecule has 0 amide bonds. The molecule has 14 heteroatoms. The van der Waals surface area contributed by atoms with E-state index in [-0.39, 0.29) is 0 Å². The summed E-state index contributed by atoms with van der Waals surface area (Å²) in [5.74, 6) is -7.65. The van der Waals surface area contributed by atoms with Gasteiger partial charge in [0.1, 0.15) is 12.2 Å². The molecule has 0 unspecified atom stereocenters. The van der Waals surface area contributed by atoms with E-state index in [1.165, 1.54) is 93.2 Å². The fraction of sp³-hybridized carbons (Fsp3) is 0.826. The molecular weight excluding hydrogens is 496 g/mol. The number of hydrogen-bond donors (Lipinski definition) is 6. The summed E-state index contributed by atoms with van der Waals surface area (Å²) in [6.07, 6.45) is 0.813. The number of rotatable bonds is 12. The Hall–Kier alpha value is -2.36. The Morgan fingerprint density at radius 2 is 0.865 bits per heavy atom. The summed E-state index contributed by atoms with van der Waals surface area (Å²) in [4.78, 5) is 38.8. The van der Waals surface area contributed by atoms with Crippen molar-refractivity contribution in [2.45, 2.75) is 69.4 Å². The molecule has 0 bridgehead atoms. The smallest absolute Gasteiger partial charge is 0.335 e. The van der Waals surface area contributed by atoms with Crippen LogP contribution in [0.2, 0.25) is 0 Å². The van der Waals surface area contributed by atoms with Gasteiger partial charge < -0.3 is 59.4 Å². The van der Waals surface area contributed by atoms with Crippen LogP contribution in [0, 0.1) is 0 Å². The highest BCUT2D eigenvalue weighted by Crippen LogP contribution is 2.20. The average molecular weight is 539 g/mol. The largest absolute Gasteiger partial charge is 0.547 e. The fourth-order valence-corrected chi connectivity index (χ4v) is 4.34. The average Bonchev–Trinajstić information content (AvgIpc) is 3.46. The highest BCUT2D eigenvalue weighted by Gasteiger charge is 2.28. The molecule has 37 heavy (non-hydrogen) atoms. The van der Waals surface area contributed by atoms with Gasteiger partial charge in [0, 0.05) is 25.7 Å². The third kappa shape index (κ3) is 13.7. The van der Waals surface area contributed by atoms with Crippen molar-refractivity contribution in [3.63, 3.8) is 0 Å². The lowest BCUT2D eigenvalue weighted by molar-refractivity contribution is -0.899. The zero-order chi connectivity index (χ0) is 28.8. The summed E-state index contributed by atoms with van der Waals surface area (Å²) < 4.78 is 2.73. The van der Waals surface area contributed by atoms with Crippen LogP contribution in [0.1, 0.15) is 44.9 Å². The summed E-state index contributed by atoms with van der Waals surface area (Å²) >= 11 is 0. The maximum absolute atomic E-state index is 9.74. The zero-order valence-corrected chi connectivity index (χ0v) is 21.5. The molecule has 0 aromatic carbocycles. The lowest BCUT2D eigenvalue weighted by atomic mass is 10.2. The number of nitrogens with zero attached hydrogens (tertiary/aromatic N) is 2. The molecule has 0 aromatic rings. The van der Waals surface area contributed by atoms with Gasteiger partial charge in [-0.1, -0.05) is 0 Å². The molecule has 2 aliphatic heterocycles. The first-order valence-electron chi connectivity index (χ1n) is 12.3. The molecule has 2 rings (SSSR count). The Balaban J connectivity index is 0.000000564. The Labute approximate surface area is 216 Å². The number of carbonyl (C=O) groups excluding carboxylic acids is 2. The zero-order valence-electron chi connectivity index (χ0n) is 21.5. The van der Waals surface area contributed by atoms with E-state index in [1.54, 1.807) is 0 Å². The van der Waals surface area contributed by atoms with Gasteiger partial charge in [0.25, 0.3) is 0 Å². The van der Waals surface area contributed by atoms with E-state index in [0.717, 1.165) is 0 Å². The first-order chi connectivity index (χ1) is 17.0. The van der Waals surface area contributed by atoms with Gasteiger partial charge in [-0.05, 0) is 19.3 Å². The van der Waals surface area contributed by atoms with Crippen LogP contribution in [0.5, 0.6) is 0 Å². The molecule has 2 heterocycles. The quantitative estimate of drug-likeness (QED) is 0.102. The van der Waals surface area contributed by atoms with E-state index in [2.05, 4.69) is 14.1 Å². The molecule has 6 N–H and O–H groups in total. The summed E-state index contributed by atoms with van der Waals surface area (Å²) in [5.41, 5.74) is 0. The van der Waals surface area contributed by atoms with Crippen molar-refractivity contribution < 1.29 is 69.0 Å². The minimum Gasteiger partial charge on any atom is -0.547 e. The molecule has 2 fully saturated rings. The van der Waals surface area contributed by atoms with Gasteiger partial charge in [-0.25, -0.2) is 9.59 Å². The number of carboxylic acid groups (broad SMARTS) is 4. The van der Waals surface area contributed by atoms with Crippen LogP contribution in [0.3, 0.4) is 0 Å². The lowest BCUT2D eigenvalue weighted by Gasteiger charge is -2.30. The number of likely N-dealkylation sites (tertiary alicyclic amines) is 2. The van der Waals surface area contributed by atoms with Gasteiger partial charge in [-0.3, -0.25) is 0 Å². The molecule has 216 valence electrons.